The predicted molar refractivity (Wildman–Crippen MR) is 101 cm³/mol. The summed E-state index contributed by atoms with van der Waals surface area (Å²) in [5, 5.41) is 2.75. The number of halogens is 3. The van der Waals surface area contributed by atoms with Gasteiger partial charge < -0.3 is 19.7 Å². The van der Waals surface area contributed by atoms with Crippen molar-refractivity contribution in [3.8, 4) is 11.5 Å². The fourth-order valence-electron chi connectivity index (χ4n) is 4.43. The SMILES string of the molecule is O=C(N[C@@H](Cc1ccc2c(c1)OCCO2)CN1CCCC1)C1(C(F)(F)F)CCC1. The van der Waals surface area contributed by atoms with Crippen LogP contribution in [0.1, 0.15) is 37.7 Å². The van der Waals surface area contributed by atoms with Crippen molar-refractivity contribution in [1.82, 2.24) is 10.2 Å². The van der Waals surface area contributed by atoms with Crippen LogP contribution in [0.4, 0.5) is 13.2 Å². The topological polar surface area (TPSA) is 50.8 Å². The summed E-state index contributed by atoms with van der Waals surface area (Å²) in [4.78, 5) is 14.9. The Labute approximate surface area is 168 Å². The summed E-state index contributed by atoms with van der Waals surface area (Å²) in [5.74, 6) is 0.439. The standard InChI is InChI=1S/C21H27F3N2O3/c22-21(23,24)20(6-3-7-20)19(27)25-16(14-26-8-1-2-9-26)12-15-4-5-17-18(13-15)29-11-10-28-17/h4-5,13,16H,1-3,6-12,14H2,(H,25,27)/t16-/m0/s1. The number of likely N-dealkylation sites (tertiary alicyclic amines) is 1. The molecule has 0 radical (unpaired) electrons. The lowest BCUT2D eigenvalue weighted by Gasteiger charge is -2.42. The molecular weight excluding hydrogens is 385 g/mol. The third-order valence-electron chi connectivity index (χ3n) is 6.29. The molecular formula is C21H27F3N2O3. The molecule has 1 aromatic carbocycles. The van der Waals surface area contributed by atoms with E-state index in [1.807, 2.05) is 18.2 Å². The Kier molecular flexibility index (Phi) is 5.64. The van der Waals surface area contributed by atoms with Gasteiger partial charge in [0.15, 0.2) is 11.5 Å². The maximum atomic E-state index is 13.6. The van der Waals surface area contributed by atoms with E-state index in [2.05, 4.69) is 10.2 Å². The Bertz CT molecular complexity index is 743. The molecule has 0 spiro atoms. The number of nitrogens with one attached hydrogen (secondary N) is 1. The molecule has 1 saturated carbocycles. The summed E-state index contributed by atoms with van der Waals surface area (Å²) in [5.41, 5.74) is -1.31. The summed E-state index contributed by atoms with van der Waals surface area (Å²) in [6, 6.07) is 5.19. The van der Waals surface area contributed by atoms with Gasteiger partial charge in [-0.25, -0.2) is 0 Å². The summed E-state index contributed by atoms with van der Waals surface area (Å²) < 4.78 is 51.9. The van der Waals surface area contributed by atoms with Crippen molar-refractivity contribution in [3.05, 3.63) is 23.8 Å². The van der Waals surface area contributed by atoms with Gasteiger partial charge in [0, 0.05) is 12.6 Å². The van der Waals surface area contributed by atoms with Crippen LogP contribution in [-0.2, 0) is 11.2 Å². The largest absolute Gasteiger partial charge is 0.486 e. The van der Waals surface area contributed by atoms with Crippen LogP contribution in [0.2, 0.25) is 0 Å². The molecule has 2 heterocycles. The highest BCUT2D eigenvalue weighted by molar-refractivity contribution is 5.84. The van der Waals surface area contributed by atoms with Crippen LogP contribution in [0, 0.1) is 5.41 Å². The minimum absolute atomic E-state index is 0.122. The first kappa shape index (κ1) is 20.3. The molecule has 0 aromatic heterocycles. The van der Waals surface area contributed by atoms with Gasteiger partial charge in [-0.2, -0.15) is 13.2 Å². The average Bonchev–Trinajstić information content (AvgIpc) is 3.12. The number of ether oxygens (including phenoxy) is 2. The molecule has 8 heteroatoms. The van der Waals surface area contributed by atoms with Crippen molar-refractivity contribution in [2.75, 3.05) is 32.8 Å². The van der Waals surface area contributed by atoms with E-state index < -0.39 is 17.5 Å². The van der Waals surface area contributed by atoms with E-state index in [9.17, 15) is 18.0 Å². The Hall–Kier alpha value is -1.96. The zero-order valence-electron chi connectivity index (χ0n) is 16.4. The number of hydrogen-bond donors (Lipinski definition) is 1. The number of fused-ring (bicyclic) bond motifs is 1. The summed E-state index contributed by atoms with van der Waals surface area (Å²) in [7, 11) is 0. The highest BCUT2D eigenvalue weighted by Crippen LogP contribution is 2.53. The maximum Gasteiger partial charge on any atom is 0.403 e. The number of amides is 1. The Morgan fingerprint density at radius 1 is 1.10 bits per heavy atom. The second-order valence-electron chi connectivity index (χ2n) is 8.29. The van der Waals surface area contributed by atoms with E-state index >= 15 is 0 Å². The van der Waals surface area contributed by atoms with Crippen LogP contribution in [0.5, 0.6) is 11.5 Å². The second-order valence-corrected chi connectivity index (χ2v) is 8.29. The van der Waals surface area contributed by atoms with Gasteiger partial charge in [0.05, 0.1) is 0 Å². The van der Waals surface area contributed by atoms with Crippen molar-refractivity contribution in [2.45, 2.75) is 50.7 Å². The van der Waals surface area contributed by atoms with Crippen LogP contribution in [0.25, 0.3) is 0 Å². The van der Waals surface area contributed by atoms with Gasteiger partial charge in [0.1, 0.15) is 18.6 Å². The van der Waals surface area contributed by atoms with Gasteiger partial charge in [-0.3, -0.25) is 4.79 Å². The maximum absolute atomic E-state index is 13.6. The molecule has 1 N–H and O–H groups in total. The highest BCUT2D eigenvalue weighted by atomic mass is 19.4. The number of rotatable bonds is 6. The van der Waals surface area contributed by atoms with Crippen LogP contribution < -0.4 is 14.8 Å². The van der Waals surface area contributed by atoms with Gasteiger partial charge in [0.2, 0.25) is 5.91 Å². The summed E-state index contributed by atoms with van der Waals surface area (Å²) >= 11 is 0. The van der Waals surface area contributed by atoms with Crippen LogP contribution in [-0.4, -0.2) is 55.9 Å². The molecule has 2 fully saturated rings. The molecule has 1 aromatic rings. The minimum atomic E-state index is -4.51. The van der Waals surface area contributed by atoms with E-state index in [4.69, 9.17) is 9.47 Å². The highest BCUT2D eigenvalue weighted by Gasteiger charge is 2.63. The quantitative estimate of drug-likeness (QED) is 0.779. The first-order valence-corrected chi connectivity index (χ1v) is 10.4. The van der Waals surface area contributed by atoms with E-state index in [1.54, 1.807) is 0 Å². The Morgan fingerprint density at radius 2 is 1.79 bits per heavy atom. The molecule has 1 atom stereocenters. The fourth-order valence-corrected chi connectivity index (χ4v) is 4.43. The molecule has 1 saturated heterocycles. The summed E-state index contributed by atoms with van der Waals surface area (Å²) in [6.07, 6.45) is -1.71. The third-order valence-corrected chi connectivity index (χ3v) is 6.29. The number of carbonyl (C=O) groups excluding carboxylic acids is 1. The molecule has 0 unspecified atom stereocenters. The lowest BCUT2D eigenvalue weighted by Crippen LogP contribution is -2.58. The van der Waals surface area contributed by atoms with E-state index in [1.165, 1.54) is 0 Å². The van der Waals surface area contributed by atoms with Crippen molar-refractivity contribution < 1.29 is 27.4 Å². The van der Waals surface area contributed by atoms with Crippen LogP contribution >= 0.6 is 0 Å². The van der Waals surface area contributed by atoms with E-state index in [0.29, 0.717) is 44.1 Å². The zero-order valence-corrected chi connectivity index (χ0v) is 16.4. The fraction of sp³-hybridized carbons (Fsp3) is 0.667. The number of alkyl halides is 3. The first-order chi connectivity index (χ1) is 13.9. The van der Waals surface area contributed by atoms with Crippen molar-refractivity contribution >= 4 is 5.91 Å². The molecule has 0 bridgehead atoms. The first-order valence-electron chi connectivity index (χ1n) is 10.4. The second kappa shape index (κ2) is 8.05. The van der Waals surface area contributed by atoms with Crippen molar-refractivity contribution in [1.29, 1.82) is 0 Å². The van der Waals surface area contributed by atoms with Gasteiger partial charge in [-0.1, -0.05) is 12.5 Å². The number of benzene rings is 1. The molecule has 4 rings (SSSR count). The van der Waals surface area contributed by atoms with Crippen molar-refractivity contribution in [2.24, 2.45) is 5.41 Å². The molecule has 160 valence electrons. The van der Waals surface area contributed by atoms with Crippen LogP contribution in [0.3, 0.4) is 0 Å². The number of nitrogens with zero attached hydrogens (tertiary/aromatic N) is 1. The number of hydrogen-bond acceptors (Lipinski definition) is 4. The van der Waals surface area contributed by atoms with Gasteiger partial charge in [0.25, 0.3) is 0 Å². The monoisotopic (exact) mass is 412 g/mol. The van der Waals surface area contributed by atoms with Gasteiger partial charge in [-0.15, -0.1) is 0 Å². The Morgan fingerprint density at radius 3 is 2.41 bits per heavy atom. The number of carbonyl (C=O) groups is 1. The van der Waals surface area contributed by atoms with Gasteiger partial charge >= 0.3 is 6.18 Å². The predicted octanol–water partition coefficient (Wildman–Crippen LogP) is 3.31. The van der Waals surface area contributed by atoms with Crippen LogP contribution in [0.15, 0.2) is 18.2 Å². The molecule has 5 nitrogen and oxygen atoms in total. The molecule has 2 aliphatic heterocycles. The van der Waals surface area contributed by atoms with E-state index in [-0.39, 0.29) is 18.9 Å². The Balaban J connectivity index is 1.49. The third kappa shape index (κ3) is 4.17. The molecule has 1 aliphatic carbocycles. The van der Waals surface area contributed by atoms with E-state index in [0.717, 1.165) is 31.5 Å². The smallest absolute Gasteiger partial charge is 0.403 e. The average molecular weight is 412 g/mol. The minimum Gasteiger partial charge on any atom is -0.486 e. The molecule has 1 amide bonds. The lowest BCUT2D eigenvalue weighted by atomic mass is 9.67. The van der Waals surface area contributed by atoms with Crippen molar-refractivity contribution in [3.63, 3.8) is 0 Å². The summed E-state index contributed by atoms with van der Waals surface area (Å²) in [6.45, 7) is 3.35. The zero-order chi connectivity index (χ0) is 20.5. The molecule has 3 aliphatic rings. The van der Waals surface area contributed by atoms with Gasteiger partial charge in [-0.05, 0) is 62.9 Å². The normalized spacial score (nSPS) is 22.0. The molecule has 29 heavy (non-hydrogen) atoms. The lowest BCUT2D eigenvalue weighted by molar-refractivity contribution is -0.243.